The number of rotatable bonds is 2. The Morgan fingerprint density at radius 2 is 2.12 bits per heavy atom. The normalized spacial score (nSPS) is 29.0. The molecule has 6 nitrogen and oxygen atoms in total. The maximum Gasteiger partial charge on any atom is 0.254 e. The lowest BCUT2D eigenvalue weighted by Crippen LogP contribution is -2.59. The molecule has 0 aromatic carbocycles. The highest BCUT2D eigenvalue weighted by molar-refractivity contribution is 5.87. The molecule has 1 spiro atoms. The molecule has 6 heteroatoms. The molecule has 0 unspecified atom stereocenters. The maximum atomic E-state index is 13.3. The molecule has 24 heavy (non-hydrogen) atoms. The van der Waals surface area contributed by atoms with E-state index in [0.717, 1.165) is 37.8 Å². The van der Waals surface area contributed by atoms with Gasteiger partial charge in [-0.05, 0) is 43.7 Å². The van der Waals surface area contributed by atoms with Crippen LogP contribution in [0.5, 0.6) is 0 Å². The number of likely N-dealkylation sites (tertiary alicyclic amines) is 1. The highest BCUT2D eigenvalue weighted by Gasteiger charge is 2.51. The van der Waals surface area contributed by atoms with E-state index in [4.69, 9.17) is 4.74 Å². The van der Waals surface area contributed by atoms with Crippen molar-refractivity contribution in [2.45, 2.75) is 49.8 Å². The lowest BCUT2D eigenvalue weighted by molar-refractivity contribution is -0.171. The average molecular weight is 329 g/mol. The molecule has 2 saturated heterocycles. The van der Waals surface area contributed by atoms with Gasteiger partial charge in [0.15, 0.2) is 6.10 Å². The zero-order chi connectivity index (χ0) is 16.7. The van der Waals surface area contributed by atoms with Gasteiger partial charge in [0.1, 0.15) is 6.61 Å². The van der Waals surface area contributed by atoms with Crippen LogP contribution in [0.15, 0.2) is 24.5 Å². The van der Waals surface area contributed by atoms with Gasteiger partial charge in [-0.25, -0.2) is 0 Å². The van der Waals surface area contributed by atoms with Crippen molar-refractivity contribution in [1.82, 2.24) is 14.8 Å². The first kappa shape index (κ1) is 15.6. The Morgan fingerprint density at radius 1 is 1.33 bits per heavy atom. The van der Waals surface area contributed by atoms with Crippen LogP contribution in [0.4, 0.5) is 0 Å². The van der Waals surface area contributed by atoms with Gasteiger partial charge in [0.25, 0.3) is 5.91 Å². The number of ether oxygens (including phenoxy) is 1. The highest BCUT2D eigenvalue weighted by Crippen LogP contribution is 2.46. The van der Waals surface area contributed by atoms with Gasteiger partial charge in [-0.15, -0.1) is 0 Å². The third kappa shape index (κ3) is 2.32. The highest BCUT2D eigenvalue weighted by atomic mass is 16.5. The second kappa shape index (κ2) is 5.84. The van der Waals surface area contributed by atoms with Crippen molar-refractivity contribution in [3.63, 3.8) is 0 Å². The summed E-state index contributed by atoms with van der Waals surface area (Å²) in [5.41, 5.74) is 0.896. The molecule has 1 aliphatic carbocycles. The molecule has 128 valence electrons. The molecule has 1 aromatic rings. The van der Waals surface area contributed by atoms with Gasteiger partial charge < -0.3 is 14.5 Å². The maximum absolute atomic E-state index is 13.3. The molecule has 0 radical (unpaired) electrons. The number of carbonyl (C=O) groups is 2. The van der Waals surface area contributed by atoms with E-state index in [-0.39, 0.29) is 24.0 Å². The summed E-state index contributed by atoms with van der Waals surface area (Å²) in [6, 6.07) is 3.32. The van der Waals surface area contributed by atoms with Crippen LogP contribution < -0.4 is 0 Å². The smallest absolute Gasteiger partial charge is 0.254 e. The van der Waals surface area contributed by atoms with Crippen LogP contribution in [0.1, 0.15) is 43.7 Å². The Morgan fingerprint density at radius 3 is 2.79 bits per heavy atom. The molecule has 2 atom stereocenters. The Bertz CT molecular complexity index is 644. The number of hydrogen-bond acceptors (Lipinski definition) is 4. The summed E-state index contributed by atoms with van der Waals surface area (Å²) in [6.45, 7) is 0.765. The van der Waals surface area contributed by atoms with Crippen LogP contribution in [0.2, 0.25) is 0 Å². The summed E-state index contributed by atoms with van der Waals surface area (Å²) in [4.78, 5) is 33.2. The van der Waals surface area contributed by atoms with Crippen molar-refractivity contribution in [3.8, 4) is 0 Å². The van der Waals surface area contributed by atoms with Gasteiger partial charge in [0, 0.05) is 31.5 Å². The zero-order valence-electron chi connectivity index (χ0n) is 14.0. The fourth-order valence-corrected chi connectivity index (χ4v) is 4.41. The van der Waals surface area contributed by atoms with E-state index in [0.29, 0.717) is 0 Å². The standard InChI is InChI=1S/C18H23N3O3/c1-20-14(22)12-24-16(15(20)13-5-2-9-19-11-13)17(23)21-10-4-8-18(21)6-3-7-18/h2,5,9,11,15-16H,3-4,6-8,10,12H2,1H3/t15-,16+/m1/s1. The van der Waals surface area contributed by atoms with Crippen molar-refractivity contribution in [3.05, 3.63) is 30.1 Å². The molecule has 3 fully saturated rings. The summed E-state index contributed by atoms with van der Waals surface area (Å²) in [5.74, 6) is -0.0758. The number of pyridine rings is 1. The second-order valence-electron chi connectivity index (χ2n) is 7.14. The van der Waals surface area contributed by atoms with Crippen molar-refractivity contribution in [2.24, 2.45) is 0 Å². The first-order valence-electron chi connectivity index (χ1n) is 8.71. The number of amides is 2. The van der Waals surface area contributed by atoms with Crippen LogP contribution in [-0.4, -0.2) is 58.4 Å². The minimum atomic E-state index is -0.646. The molecule has 3 aliphatic rings. The molecular weight excluding hydrogens is 306 g/mol. The minimum absolute atomic E-state index is 0.0282. The molecule has 1 aromatic heterocycles. The van der Waals surface area contributed by atoms with Gasteiger partial charge in [-0.2, -0.15) is 0 Å². The molecule has 1 saturated carbocycles. The monoisotopic (exact) mass is 329 g/mol. The number of carbonyl (C=O) groups excluding carboxylic acids is 2. The van der Waals surface area contributed by atoms with Crippen molar-refractivity contribution in [2.75, 3.05) is 20.2 Å². The number of hydrogen-bond donors (Lipinski definition) is 0. The quantitative estimate of drug-likeness (QED) is 0.825. The van der Waals surface area contributed by atoms with E-state index in [1.807, 2.05) is 17.0 Å². The number of morpholine rings is 1. The van der Waals surface area contributed by atoms with E-state index in [1.54, 1.807) is 24.3 Å². The Balaban J connectivity index is 1.64. The SMILES string of the molecule is CN1C(=O)CO[C@H](C(=O)N2CCCC23CCC3)[C@H]1c1cccnc1. The second-order valence-corrected chi connectivity index (χ2v) is 7.14. The Labute approximate surface area is 141 Å². The third-order valence-electron chi connectivity index (χ3n) is 5.90. The van der Waals surface area contributed by atoms with Gasteiger partial charge in [0.2, 0.25) is 5.91 Å². The zero-order valence-corrected chi connectivity index (χ0v) is 14.0. The lowest BCUT2D eigenvalue weighted by Gasteiger charge is -2.48. The summed E-state index contributed by atoms with van der Waals surface area (Å²) < 4.78 is 5.75. The first-order valence-corrected chi connectivity index (χ1v) is 8.71. The summed E-state index contributed by atoms with van der Waals surface area (Å²) >= 11 is 0. The van der Waals surface area contributed by atoms with Gasteiger partial charge in [-0.1, -0.05) is 6.07 Å². The van der Waals surface area contributed by atoms with Crippen LogP contribution >= 0.6 is 0 Å². The van der Waals surface area contributed by atoms with Crippen LogP contribution in [0, 0.1) is 0 Å². The molecule has 0 N–H and O–H groups in total. The molecule has 0 bridgehead atoms. The minimum Gasteiger partial charge on any atom is -0.356 e. The van der Waals surface area contributed by atoms with E-state index in [1.165, 1.54) is 6.42 Å². The third-order valence-corrected chi connectivity index (χ3v) is 5.90. The summed E-state index contributed by atoms with van der Waals surface area (Å²) in [7, 11) is 1.74. The van der Waals surface area contributed by atoms with Crippen LogP contribution in [0.3, 0.4) is 0 Å². The van der Waals surface area contributed by atoms with Crippen molar-refractivity contribution < 1.29 is 14.3 Å². The molecule has 4 rings (SSSR count). The van der Waals surface area contributed by atoms with E-state index < -0.39 is 12.1 Å². The van der Waals surface area contributed by atoms with E-state index in [9.17, 15) is 9.59 Å². The number of nitrogens with zero attached hydrogens (tertiary/aromatic N) is 3. The molecular formula is C18H23N3O3. The van der Waals surface area contributed by atoms with Crippen LogP contribution in [0.25, 0.3) is 0 Å². The molecule has 2 amide bonds. The average Bonchev–Trinajstić information content (AvgIpc) is 3.03. The predicted octanol–water partition coefficient (Wildman–Crippen LogP) is 1.52. The topological polar surface area (TPSA) is 62.7 Å². The Hall–Kier alpha value is -1.95. The van der Waals surface area contributed by atoms with Crippen LogP contribution in [-0.2, 0) is 14.3 Å². The predicted molar refractivity (Wildman–Crippen MR) is 87.0 cm³/mol. The molecule has 2 aliphatic heterocycles. The number of aromatic nitrogens is 1. The fraction of sp³-hybridized carbons (Fsp3) is 0.611. The fourth-order valence-electron chi connectivity index (χ4n) is 4.41. The van der Waals surface area contributed by atoms with Crippen molar-refractivity contribution in [1.29, 1.82) is 0 Å². The Kier molecular flexibility index (Phi) is 3.79. The largest absolute Gasteiger partial charge is 0.356 e. The van der Waals surface area contributed by atoms with Crippen molar-refractivity contribution >= 4 is 11.8 Å². The van der Waals surface area contributed by atoms with Gasteiger partial charge >= 0.3 is 0 Å². The summed E-state index contributed by atoms with van der Waals surface area (Å²) in [6.07, 6.45) is 8.30. The first-order chi connectivity index (χ1) is 11.6. The lowest BCUT2D eigenvalue weighted by atomic mass is 9.74. The van der Waals surface area contributed by atoms with E-state index >= 15 is 0 Å². The molecule has 3 heterocycles. The van der Waals surface area contributed by atoms with Gasteiger partial charge in [-0.3, -0.25) is 14.6 Å². The summed E-state index contributed by atoms with van der Waals surface area (Å²) in [5, 5.41) is 0. The number of likely N-dealkylation sites (N-methyl/N-ethyl adjacent to an activating group) is 1. The van der Waals surface area contributed by atoms with E-state index in [2.05, 4.69) is 4.98 Å². The van der Waals surface area contributed by atoms with Gasteiger partial charge in [0.05, 0.1) is 6.04 Å².